The van der Waals surface area contributed by atoms with Gasteiger partial charge in [-0.05, 0) is 55.3 Å². The zero-order valence-electron chi connectivity index (χ0n) is 22.2. The molecule has 0 saturated carbocycles. The number of phenols is 1. The number of allylic oxidation sites excluding steroid dienone is 2. The van der Waals surface area contributed by atoms with Crippen molar-refractivity contribution in [2.45, 2.75) is 31.7 Å². The molecule has 3 atom stereocenters. The maximum Gasteiger partial charge on any atom is 0.303 e. The third-order valence-corrected chi connectivity index (χ3v) is 6.99. The number of anilines is 3. The molecule has 0 bridgehead atoms. The summed E-state index contributed by atoms with van der Waals surface area (Å²) < 4.78 is 12.7. The van der Waals surface area contributed by atoms with Crippen molar-refractivity contribution in [3.63, 3.8) is 0 Å². The Balaban J connectivity index is 1.36. The molecule has 4 aromatic rings. The van der Waals surface area contributed by atoms with E-state index in [1.807, 2.05) is 72.8 Å². The first-order chi connectivity index (χ1) is 19.6. The first-order valence-corrected chi connectivity index (χ1v) is 13.5. The largest absolute Gasteiger partial charge is 0.508 e. The van der Waals surface area contributed by atoms with Crippen molar-refractivity contribution in [1.29, 1.82) is 0 Å². The van der Waals surface area contributed by atoms with Crippen LogP contribution >= 0.6 is 0 Å². The van der Waals surface area contributed by atoms with E-state index in [2.05, 4.69) is 41.3 Å². The molecular weight excluding hydrogens is 502 g/mol. The van der Waals surface area contributed by atoms with E-state index in [9.17, 15) is 9.90 Å². The molecule has 204 valence electrons. The molecule has 0 aliphatic carbocycles. The van der Waals surface area contributed by atoms with Gasteiger partial charge in [0, 0.05) is 40.5 Å². The van der Waals surface area contributed by atoms with Crippen LogP contribution in [0.4, 0.5) is 17.1 Å². The van der Waals surface area contributed by atoms with Gasteiger partial charge in [-0.25, -0.2) is 0 Å². The second-order valence-electron chi connectivity index (χ2n) is 9.78. The third kappa shape index (κ3) is 6.60. The summed E-state index contributed by atoms with van der Waals surface area (Å²) in [6, 6.07) is 35.9. The second kappa shape index (κ2) is 13.1. The van der Waals surface area contributed by atoms with E-state index in [1.54, 1.807) is 12.1 Å². The summed E-state index contributed by atoms with van der Waals surface area (Å²) in [4.78, 5) is 13.0. The average molecular weight is 536 g/mol. The fraction of sp³-hybridized carbons (Fsp3) is 0.206. The molecule has 0 aromatic heterocycles. The lowest BCUT2D eigenvalue weighted by molar-refractivity contribution is -0.244. The summed E-state index contributed by atoms with van der Waals surface area (Å²) in [6.45, 7) is 0.439. The molecule has 1 fully saturated rings. The minimum atomic E-state index is -0.814. The Bertz CT molecular complexity index is 1370. The van der Waals surface area contributed by atoms with Crippen molar-refractivity contribution < 1.29 is 24.5 Å². The molecule has 1 aliphatic heterocycles. The summed E-state index contributed by atoms with van der Waals surface area (Å²) in [7, 11) is 0. The molecule has 6 heteroatoms. The molecule has 1 aliphatic rings. The predicted octanol–water partition coefficient (Wildman–Crippen LogP) is 8.08. The molecule has 4 aromatic carbocycles. The average Bonchev–Trinajstić information content (AvgIpc) is 2.99. The number of phenolic OH excluding ortho intramolecular Hbond substituents is 1. The molecule has 0 amide bonds. The van der Waals surface area contributed by atoms with Crippen LogP contribution < -0.4 is 4.90 Å². The zero-order chi connectivity index (χ0) is 27.7. The summed E-state index contributed by atoms with van der Waals surface area (Å²) in [5.41, 5.74) is 4.74. The maximum atomic E-state index is 10.8. The summed E-state index contributed by atoms with van der Waals surface area (Å²) in [6.07, 6.45) is 4.11. The lowest BCUT2D eigenvalue weighted by Gasteiger charge is -2.37. The molecular formula is C34H33NO5. The van der Waals surface area contributed by atoms with Crippen LogP contribution in [0.3, 0.4) is 0 Å². The van der Waals surface area contributed by atoms with Crippen LogP contribution in [0.5, 0.6) is 5.75 Å². The molecule has 0 radical (unpaired) electrons. The fourth-order valence-electron chi connectivity index (χ4n) is 4.98. The Morgan fingerprint density at radius 1 is 0.800 bits per heavy atom. The van der Waals surface area contributed by atoms with Gasteiger partial charge >= 0.3 is 5.97 Å². The Morgan fingerprint density at radius 3 is 2.02 bits per heavy atom. The SMILES string of the molecule is O=C(O)CC/C=C\C[C@@H]1COC(c2ccc(N(c3ccccc3)c3ccccc3)cc2)O[C@@H]1c1ccccc1O. The molecule has 40 heavy (non-hydrogen) atoms. The van der Waals surface area contributed by atoms with Gasteiger partial charge in [0.05, 0.1) is 12.7 Å². The van der Waals surface area contributed by atoms with Crippen LogP contribution in [0.2, 0.25) is 0 Å². The molecule has 0 spiro atoms. The van der Waals surface area contributed by atoms with E-state index < -0.39 is 12.3 Å². The minimum absolute atomic E-state index is 0.0310. The molecule has 1 saturated heterocycles. The zero-order valence-corrected chi connectivity index (χ0v) is 22.2. The highest BCUT2D eigenvalue weighted by Gasteiger charge is 2.34. The number of hydrogen-bond acceptors (Lipinski definition) is 5. The number of rotatable bonds is 10. The fourth-order valence-corrected chi connectivity index (χ4v) is 4.98. The van der Waals surface area contributed by atoms with Gasteiger partial charge in [0.1, 0.15) is 5.75 Å². The van der Waals surface area contributed by atoms with E-state index in [4.69, 9.17) is 14.6 Å². The van der Waals surface area contributed by atoms with Crippen molar-refractivity contribution in [2.24, 2.45) is 5.92 Å². The Labute approximate surface area is 234 Å². The lowest BCUT2D eigenvalue weighted by Crippen LogP contribution is -2.30. The van der Waals surface area contributed by atoms with Crippen molar-refractivity contribution in [2.75, 3.05) is 11.5 Å². The maximum absolute atomic E-state index is 10.8. The van der Waals surface area contributed by atoms with Crippen LogP contribution in [-0.2, 0) is 14.3 Å². The van der Waals surface area contributed by atoms with Gasteiger partial charge in [0.25, 0.3) is 0 Å². The summed E-state index contributed by atoms with van der Waals surface area (Å²) in [5.74, 6) is -0.660. The van der Waals surface area contributed by atoms with Gasteiger partial charge in [-0.1, -0.05) is 78.9 Å². The van der Waals surface area contributed by atoms with E-state index in [-0.39, 0.29) is 24.2 Å². The number of carbonyl (C=O) groups is 1. The topological polar surface area (TPSA) is 79.2 Å². The lowest BCUT2D eigenvalue weighted by atomic mass is 9.91. The van der Waals surface area contributed by atoms with Crippen molar-refractivity contribution >= 4 is 23.0 Å². The Kier molecular flexibility index (Phi) is 8.91. The molecule has 1 heterocycles. The van der Waals surface area contributed by atoms with E-state index >= 15 is 0 Å². The number of aromatic hydroxyl groups is 1. The van der Waals surface area contributed by atoms with Crippen molar-refractivity contribution in [3.05, 3.63) is 132 Å². The predicted molar refractivity (Wildman–Crippen MR) is 156 cm³/mol. The van der Waals surface area contributed by atoms with Crippen LogP contribution in [0.15, 0.2) is 121 Å². The monoisotopic (exact) mass is 535 g/mol. The highest BCUT2D eigenvalue weighted by molar-refractivity contribution is 5.76. The summed E-state index contributed by atoms with van der Waals surface area (Å²) in [5, 5.41) is 19.5. The van der Waals surface area contributed by atoms with E-state index in [1.165, 1.54) is 0 Å². The van der Waals surface area contributed by atoms with Crippen LogP contribution in [0, 0.1) is 5.92 Å². The molecule has 5 rings (SSSR count). The van der Waals surface area contributed by atoms with Gasteiger partial charge < -0.3 is 24.6 Å². The number of hydrogen-bond donors (Lipinski definition) is 2. The number of ether oxygens (including phenoxy) is 2. The number of para-hydroxylation sites is 3. The first-order valence-electron chi connectivity index (χ1n) is 13.5. The smallest absolute Gasteiger partial charge is 0.303 e. The Hall–Kier alpha value is -4.39. The third-order valence-electron chi connectivity index (χ3n) is 6.99. The Morgan fingerprint density at radius 2 is 1.40 bits per heavy atom. The molecule has 2 N–H and O–H groups in total. The standard InChI is InChI=1S/C34H33NO5/c36-31-18-11-10-17-30(31)33-26(12-4-1-9-19-32(37)38)24-39-34(40-33)25-20-22-29(23-21-25)35(27-13-5-2-6-14-27)28-15-7-3-8-16-28/h1-8,10-11,13-18,20-23,26,33-34,36H,9,12,19,24H2,(H,37,38)/b4-1-/t26-,33+,34?/m1/s1. The molecule has 6 nitrogen and oxygen atoms in total. The highest BCUT2D eigenvalue weighted by atomic mass is 16.7. The van der Waals surface area contributed by atoms with Crippen LogP contribution in [0.1, 0.15) is 42.8 Å². The van der Waals surface area contributed by atoms with Crippen LogP contribution in [0.25, 0.3) is 0 Å². The first kappa shape index (κ1) is 27.2. The van der Waals surface area contributed by atoms with Gasteiger partial charge in [-0.15, -0.1) is 0 Å². The quantitative estimate of drug-likeness (QED) is 0.200. The van der Waals surface area contributed by atoms with Crippen LogP contribution in [-0.4, -0.2) is 22.8 Å². The van der Waals surface area contributed by atoms with Gasteiger partial charge in [-0.3, -0.25) is 4.79 Å². The normalized spacial score (nSPS) is 18.9. The number of nitrogens with zero attached hydrogens (tertiary/aromatic N) is 1. The van der Waals surface area contributed by atoms with Crippen molar-refractivity contribution in [3.8, 4) is 5.75 Å². The van der Waals surface area contributed by atoms with E-state index in [0.717, 1.165) is 28.2 Å². The second-order valence-corrected chi connectivity index (χ2v) is 9.78. The van der Waals surface area contributed by atoms with E-state index in [0.29, 0.717) is 19.4 Å². The molecule has 1 unspecified atom stereocenters. The number of carboxylic acids is 1. The summed E-state index contributed by atoms with van der Waals surface area (Å²) >= 11 is 0. The number of benzene rings is 4. The van der Waals surface area contributed by atoms with Gasteiger partial charge in [0.2, 0.25) is 0 Å². The van der Waals surface area contributed by atoms with Gasteiger partial charge in [-0.2, -0.15) is 0 Å². The number of carboxylic acid groups (broad SMARTS) is 1. The van der Waals surface area contributed by atoms with Gasteiger partial charge in [0.15, 0.2) is 6.29 Å². The van der Waals surface area contributed by atoms with Crippen molar-refractivity contribution in [1.82, 2.24) is 0 Å². The minimum Gasteiger partial charge on any atom is -0.508 e. The highest BCUT2D eigenvalue weighted by Crippen LogP contribution is 2.43. The number of aliphatic carboxylic acids is 1.